The first-order valence-corrected chi connectivity index (χ1v) is 13.6. The number of halogens is 3. The zero-order valence-corrected chi connectivity index (χ0v) is 21.0. The van der Waals surface area contributed by atoms with E-state index >= 15 is 0 Å². The molecular weight excluding hydrogens is 499 g/mol. The zero-order valence-electron chi connectivity index (χ0n) is 20.2. The van der Waals surface area contributed by atoms with Gasteiger partial charge < -0.3 is 0 Å². The Kier molecular flexibility index (Phi) is 8.32. The van der Waals surface area contributed by atoms with Crippen LogP contribution in [-0.2, 0) is 29.2 Å². The van der Waals surface area contributed by atoms with E-state index in [1.54, 1.807) is 6.07 Å². The molecule has 0 aliphatic carbocycles. The molecule has 3 aromatic rings. The summed E-state index contributed by atoms with van der Waals surface area (Å²) in [6, 6.07) is 22.6. The fraction of sp³-hybridized carbons (Fsp3) is 0.321. The minimum atomic E-state index is -4.53. The molecule has 1 aliphatic rings. The van der Waals surface area contributed by atoms with Crippen LogP contribution in [0.3, 0.4) is 0 Å². The Hall–Kier alpha value is -3.19. The standard InChI is InChI=1S/C28H28F3N3O2S/c29-28(30,31)25-9-11-27(12-10-25)37(35,36)34(18-13-22-5-2-1-3-6-22)26-14-16-33(17-15-26)21-24-8-4-7-23(19-24)20-32/h1-12,19,26H,13-18,21H2. The highest BCUT2D eigenvalue weighted by atomic mass is 32.2. The summed E-state index contributed by atoms with van der Waals surface area (Å²) in [5.74, 6) is 0. The van der Waals surface area contributed by atoms with Crippen LogP contribution >= 0.6 is 0 Å². The zero-order chi connectivity index (χ0) is 26.5. The van der Waals surface area contributed by atoms with Gasteiger partial charge in [0, 0.05) is 32.2 Å². The molecule has 194 valence electrons. The first kappa shape index (κ1) is 26.9. The Morgan fingerprint density at radius 2 is 1.57 bits per heavy atom. The predicted molar refractivity (Wildman–Crippen MR) is 135 cm³/mol. The fourth-order valence-corrected chi connectivity index (χ4v) is 6.38. The Bertz CT molecular complexity index is 1330. The van der Waals surface area contributed by atoms with E-state index in [4.69, 9.17) is 5.26 Å². The molecule has 0 saturated carbocycles. The lowest BCUT2D eigenvalue weighted by Gasteiger charge is -2.38. The molecule has 3 aromatic carbocycles. The summed E-state index contributed by atoms with van der Waals surface area (Å²) < 4.78 is 67.9. The molecular formula is C28H28F3N3O2S. The Morgan fingerprint density at radius 1 is 0.919 bits per heavy atom. The van der Waals surface area contributed by atoms with E-state index < -0.39 is 21.8 Å². The molecule has 0 bridgehead atoms. The molecule has 0 unspecified atom stereocenters. The van der Waals surface area contributed by atoms with E-state index in [0.717, 1.165) is 35.4 Å². The van der Waals surface area contributed by atoms with E-state index in [-0.39, 0.29) is 17.5 Å². The number of alkyl halides is 3. The fourth-order valence-electron chi connectivity index (χ4n) is 4.70. The molecule has 0 radical (unpaired) electrons. The van der Waals surface area contributed by atoms with Crippen molar-refractivity contribution in [3.63, 3.8) is 0 Å². The second kappa shape index (κ2) is 11.5. The maximum absolute atomic E-state index is 13.7. The third-order valence-electron chi connectivity index (χ3n) is 6.68. The van der Waals surface area contributed by atoms with Gasteiger partial charge >= 0.3 is 6.18 Å². The molecule has 0 atom stereocenters. The Morgan fingerprint density at radius 3 is 2.19 bits per heavy atom. The second-order valence-corrected chi connectivity index (χ2v) is 11.1. The molecule has 0 spiro atoms. The topological polar surface area (TPSA) is 64.4 Å². The minimum absolute atomic E-state index is 0.135. The van der Waals surface area contributed by atoms with Crippen LogP contribution in [0.2, 0.25) is 0 Å². The summed E-state index contributed by atoms with van der Waals surface area (Å²) in [4.78, 5) is 2.09. The minimum Gasteiger partial charge on any atom is -0.299 e. The number of hydrogen-bond donors (Lipinski definition) is 0. The summed E-state index contributed by atoms with van der Waals surface area (Å²) >= 11 is 0. The molecule has 5 nitrogen and oxygen atoms in total. The van der Waals surface area contributed by atoms with Gasteiger partial charge in [-0.15, -0.1) is 0 Å². The monoisotopic (exact) mass is 527 g/mol. The summed E-state index contributed by atoms with van der Waals surface area (Å²) in [5.41, 5.74) is 1.74. The summed E-state index contributed by atoms with van der Waals surface area (Å²) in [6.45, 7) is 2.25. The van der Waals surface area contributed by atoms with Crippen molar-refractivity contribution < 1.29 is 21.6 Å². The lowest BCUT2D eigenvalue weighted by Crippen LogP contribution is -2.47. The highest BCUT2D eigenvalue weighted by molar-refractivity contribution is 7.89. The van der Waals surface area contributed by atoms with Gasteiger partial charge in [-0.3, -0.25) is 4.90 Å². The van der Waals surface area contributed by atoms with Crippen molar-refractivity contribution in [2.45, 2.75) is 42.9 Å². The van der Waals surface area contributed by atoms with Crippen LogP contribution in [0.15, 0.2) is 83.8 Å². The highest BCUT2D eigenvalue weighted by Gasteiger charge is 2.35. The Labute approximate surface area is 215 Å². The molecule has 37 heavy (non-hydrogen) atoms. The maximum atomic E-state index is 13.7. The molecule has 0 amide bonds. The van der Waals surface area contributed by atoms with Crippen LogP contribution in [-0.4, -0.2) is 43.3 Å². The van der Waals surface area contributed by atoms with Crippen LogP contribution in [0, 0.1) is 11.3 Å². The van der Waals surface area contributed by atoms with Gasteiger partial charge in [0.05, 0.1) is 22.1 Å². The first-order chi connectivity index (χ1) is 17.7. The molecule has 0 aromatic heterocycles. The van der Waals surface area contributed by atoms with E-state index in [1.165, 1.54) is 4.31 Å². The van der Waals surface area contributed by atoms with Gasteiger partial charge in [0.25, 0.3) is 0 Å². The van der Waals surface area contributed by atoms with Crippen molar-refractivity contribution >= 4 is 10.0 Å². The van der Waals surface area contributed by atoms with Crippen LogP contribution in [0.5, 0.6) is 0 Å². The summed E-state index contributed by atoms with van der Waals surface area (Å²) in [6.07, 6.45) is -2.82. The van der Waals surface area contributed by atoms with Crippen molar-refractivity contribution in [1.82, 2.24) is 9.21 Å². The predicted octanol–water partition coefficient (Wildman–Crippen LogP) is 5.48. The van der Waals surface area contributed by atoms with Crippen LogP contribution in [0.25, 0.3) is 0 Å². The van der Waals surface area contributed by atoms with Crippen LogP contribution < -0.4 is 0 Å². The van der Waals surface area contributed by atoms with Crippen molar-refractivity contribution in [2.75, 3.05) is 19.6 Å². The summed E-state index contributed by atoms with van der Waals surface area (Å²) in [7, 11) is -4.01. The van der Waals surface area contributed by atoms with E-state index in [2.05, 4.69) is 11.0 Å². The number of nitriles is 1. The third-order valence-corrected chi connectivity index (χ3v) is 8.64. The van der Waals surface area contributed by atoms with Gasteiger partial charge in [0.2, 0.25) is 10.0 Å². The smallest absolute Gasteiger partial charge is 0.299 e. The number of nitrogens with zero attached hydrogens (tertiary/aromatic N) is 3. The van der Waals surface area contributed by atoms with Gasteiger partial charge in [-0.05, 0) is 66.8 Å². The lowest BCUT2D eigenvalue weighted by atomic mass is 10.0. The molecule has 1 saturated heterocycles. The molecule has 0 N–H and O–H groups in total. The molecule has 1 aliphatic heterocycles. The molecule has 1 heterocycles. The maximum Gasteiger partial charge on any atom is 0.416 e. The van der Waals surface area contributed by atoms with Gasteiger partial charge in [-0.2, -0.15) is 22.7 Å². The number of sulfonamides is 1. The number of benzene rings is 3. The second-order valence-electron chi connectivity index (χ2n) is 9.19. The van der Waals surface area contributed by atoms with E-state index in [9.17, 15) is 21.6 Å². The largest absolute Gasteiger partial charge is 0.416 e. The van der Waals surface area contributed by atoms with Crippen molar-refractivity contribution in [3.05, 3.63) is 101 Å². The summed E-state index contributed by atoms with van der Waals surface area (Å²) in [5, 5.41) is 9.14. The van der Waals surface area contributed by atoms with Crippen molar-refractivity contribution in [1.29, 1.82) is 5.26 Å². The molecule has 1 fully saturated rings. The third kappa shape index (κ3) is 6.77. The first-order valence-electron chi connectivity index (χ1n) is 12.1. The quantitative estimate of drug-likeness (QED) is 0.390. The van der Waals surface area contributed by atoms with Gasteiger partial charge in [0.1, 0.15) is 0 Å². The number of likely N-dealkylation sites (tertiary alicyclic amines) is 1. The Balaban J connectivity index is 1.51. The van der Waals surface area contributed by atoms with E-state index in [1.807, 2.05) is 48.5 Å². The SMILES string of the molecule is N#Cc1cccc(CN2CCC(N(CCc3ccccc3)S(=O)(=O)c3ccc(C(F)(F)F)cc3)CC2)c1. The van der Waals surface area contributed by atoms with Crippen molar-refractivity contribution in [3.8, 4) is 6.07 Å². The van der Waals surface area contributed by atoms with Crippen molar-refractivity contribution in [2.24, 2.45) is 0 Å². The van der Waals surface area contributed by atoms with Gasteiger partial charge in [-0.25, -0.2) is 8.42 Å². The normalized spacial score (nSPS) is 15.5. The van der Waals surface area contributed by atoms with Crippen LogP contribution in [0.1, 0.15) is 35.1 Å². The van der Waals surface area contributed by atoms with Gasteiger partial charge in [0.15, 0.2) is 0 Å². The molecule has 9 heteroatoms. The molecule has 4 rings (SSSR count). The average Bonchev–Trinajstić information content (AvgIpc) is 2.90. The lowest BCUT2D eigenvalue weighted by molar-refractivity contribution is -0.137. The highest BCUT2D eigenvalue weighted by Crippen LogP contribution is 2.31. The van der Waals surface area contributed by atoms with E-state index in [0.29, 0.717) is 44.5 Å². The number of hydrogen-bond acceptors (Lipinski definition) is 4. The average molecular weight is 528 g/mol. The van der Waals surface area contributed by atoms with Crippen LogP contribution in [0.4, 0.5) is 13.2 Å². The van der Waals surface area contributed by atoms with Gasteiger partial charge in [-0.1, -0.05) is 42.5 Å². The number of rotatable bonds is 8. The number of piperidine rings is 1.